The Hall–Kier alpha value is -0.500. The summed E-state index contributed by atoms with van der Waals surface area (Å²) in [5, 5.41) is 8.59. The van der Waals surface area contributed by atoms with E-state index < -0.39 is 5.97 Å². The molecule has 0 saturated carbocycles. The number of rotatable bonds is 3. The van der Waals surface area contributed by atoms with E-state index in [1.165, 1.54) is 0 Å². The number of carboxylic acids is 1. The molecule has 0 saturated heterocycles. The summed E-state index contributed by atoms with van der Waals surface area (Å²) in [7, 11) is 0. The molecule has 0 aromatic carbocycles. The molecule has 52 valence electrons. The molecular formula is C6H9ClO2. The average molecular weight is 149 g/mol. The van der Waals surface area contributed by atoms with Crippen LogP contribution in [-0.2, 0) is 4.79 Å². The Kier molecular flexibility index (Phi) is 4.14. The lowest BCUT2D eigenvalue weighted by Crippen LogP contribution is -1.92. The highest BCUT2D eigenvalue weighted by Gasteiger charge is 1.97. The summed E-state index contributed by atoms with van der Waals surface area (Å²) in [5.41, 5.74) is 0. The molecule has 0 radical (unpaired) electrons. The molecule has 0 aromatic rings. The molecule has 0 bridgehead atoms. The summed E-state index contributed by atoms with van der Waals surface area (Å²) < 4.78 is 0. The number of carboxylic acid groups (broad SMARTS) is 1. The van der Waals surface area contributed by atoms with E-state index in [1.807, 2.05) is 6.92 Å². The SMILES string of the molecule is CC/C=C(\Cl)CC(=O)O. The Morgan fingerprint density at radius 2 is 2.33 bits per heavy atom. The van der Waals surface area contributed by atoms with E-state index in [0.717, 1.165) is 6.42 Å². The molecule has 2 nitrogen and oxygen atoms in total. The monoisotopic (exact) mass is 148 g/mol. The maximum Gasteiger partial charge on any atom is 0.308 e. The average Bonchev–Trinajstić information content (AvgIpc) is 1.63. The van der Waals surface area contributed by atoms with Crippen LogP contribution in [-0.4, -0.2) is 11.1 Å². The molecule has 0 heterocycles. The lowest BCUT2D eigenvalue weighted by molar-refractivity contribution is -0.136. The molecule has 0 fully saturated rings. The highest BCUT2D eigenvalue weighted by atomic mass is 35.5. The molecule has 0 aliphatic carbocycles. The zero-order valence-corrected chi connectivity index (χ0v) is 5.98. The topological polar surface area (TPSA) is 37.3 Å². The van der Waals surface area contributed by atoms with Gasteiger partial charge in [-0.3, -0.25) is 4.79 Å². The smallest absolute Gasteiger partial charge is 0.308 e. The minimum Gasteiger partial charge on any atom is -0.481 e. The highest BCUT2D eigenvalue weighted by molar-refractivity contribution is 6.30. The summed E-state index contributed by atoms with van der Waals surface area (Å²) in [6.07, 6.45) is 2.41. The van der Waals surface area contributed by atoms with E-state index in [9.17, 15) is 4.79 Å². The fourth-order valence-corrected chi connectivity index (χ4v) is 0.707. The van der Waals surface area contributed by atoms with Crippen LogP contribution in [0.25, 0.3) is 0 Å². The van der Waals surface area contributed by atoms with Crippen LogP contribution < -0.4 is 0 Å². The van der Waals surface area contributed by atoms with Crippen molar-refractivity contribution in [3.05, 3.63) is 11.1 Å². The first-order valence-electron chi connectivity index (χ1n) is 2.73. The van der Waals surface area contributed by atoms with Crippen molar-refractivity contribution in [2.45, 2.75) is 19.8 Å². The quantitative estimate of drug-likeness (QED) is 0.665. The van der Waals surface area contributed by atoms with Gasteiger partial charge in [0.15, 0.2) is 0 Å². The van der Waals surface area contributed by atoms with Crippen LogP contribution in [0.4, 0.5) is 0 Å². The van der Waals surface area contributed by atoms with Gasteiger partial charge in [-0.05, 0) is 6.42 Å². The second kappa shape index (κ2) is 4.39. The van der Waals surface area contributed by atoms with Crippen molar-refractivity contribution in [2.75, 3.05) is 0 Å². The second-order valence-corrected chi connectivity index (χ2v) is 2.12. The molecule has 0 rings (SSSR count). The largest absolute Gasteiger partial charge is 0.481 e. The molecule has 9 heavy (non-hydrogen) atoms. The van der Waals surface area contributed by atoms with Gasteiger partial charge in [0.1, 0.15) is 0 Å². The van der Waals surface area contributed by atoms with Crippen molar-refractivity contribution in [1.82, 2.24) is 0 Å². The highest BCUT2D eigenvalue weighted by Crippen LogP contribution is 2.06. The molecule has 0 aromatic heterocycles. The Morgan fingerprint density at radius 1 is 1.78 bits per heavy atom. The van der Waals surface area contributed by atoms with Gasteiger partial charge < -0.3 is 5.11 Å². The van der Waals surface area contributed by atoms with Crippen LogP contribution in [0, 0.1) is 0 Å². The molecule has 3 heteroatoms. The predicted molar refractivity (Wildman–Crippen MR) is 36.5 cm³/mol. The Labute approximate surface area is 59.1 Å². The van der Waals surface area contributed by atoms with E-state index in [-0.39, 0.29) is 6.42 Å². The van der Waals surface area contributed by atoms with Gasteiger partial charge in [0.2, 0.25) is 0 Å². The summed E-state index contributed by atoms with van der Waals surface area (Å²) in [6.45, 7) is 1.91. The van der Waals surface area contributed by atoms with Crippen LogP contribution in [0.5, 0.6) is 0 Å². The van der Waals surface area contributed by atoms with Crippen LogP contribution in [0.1, 0.15) is 19.8 Å². The minimum atomic E-state index is -0.885. The van der Waals surface area contributed by atoms with E-state index in [2.05, 4.69) is 0 Å². The van der Waals surface area contributed by atoms with Crippen LogP contribution in [0.2, 0.25) is 0 Å². The molecule has 0 amide bonds. The lowest BCUT2D eigenvalue weighted by Gasteiger charge is -1.89. The maximum absolute atomic E-state index is 9.96. The number of carbonyl (C=O) groups is 1. The van der Waals surface area contributed by atoms with Crippen molar-refractivity contribution in [3.8, 4) is 0 Å². The van der Waals surface area contributed by atoms with Gasteiger partial charge in [0.25, 0.3) is 0 Å². The van der Waals surface area contributed by atoms with Gasteiger partial charge in [-0.1, -0.05) is 24.6 Å². The zero-order chi connectivity index (χ0) is 7.28. The fourth-order valence-electron chi connectivity index (χ4n) is 0.438. The van der Waals surface area contributed by atoms with Crippen molar-refractivity contribution >= 4 is 17.6 Å². The first kappa shape index (κ1) is 8.50. The van der Waals surface area contributed by atoms with Gasteiger partial charge in [-0.25, -0.2) is 0 Å². The molecule has 0 unspecified atom stereocenters. The molecule has 0 aliphatic heterocycles. The summed E-state index contributed by atoms with van der Waals surface area (Å²) >= 11 is 5.46. The van der Waals surface area contributed by atoms with E-state index >= 15 is 0 Å². The number of hydrogen-bond acceptors (Lipinski definition) is 1. The second-order valence-electron chi connectivity index (χ2n) is 1.63. The van der Waals surface area contributed by atoms with Crippen molar-refractivity contribution < 1.29 is 9.90 Å². The van der Waals surface area contributed by atoms with Crippen LogP contribution in [0.15, 0.2) is 11.1 Å². The third-order valence-electron chi connectivity index (χ3n) is 0.746. The Morgan fingerprint density at radius 3 is 2.67 bits per heavy atom. The van der Waals surface area contributed by atoms with Crippen LogP contribution >= 0.6 is 11.6 Å². The molecule has 1 N–H and O–H groups in total. The maximum atomic E-state index is 9.96. The number of aliphatic carboxylic acids is 1. The van der Waals surface area contributed by atoms with Crippen molar-refractivity contribution in [2.24, 2.45) is 0 Å². The van der Waals surface area contributed by atoms with Crippen molar-refractivity contribution in [3.63, 3.8) is 0 Å². The third kappa shape index (κ3) is 5.37. The zero-order valence-electron chi connectivity index (χ0n) is 5.22. The molecular weight excluding hydrogens is 140 g/mol. The van der Waals surface area contributed by atoms with Crippen molar-refractivity contribution in [1.29, 1.82) is 0 Å². The third-order valence-corrected chi connectivity index (χ3v) is 1.03. The van der Waals surface area contributed by atoms with Gasteiger partial charge in [0, 0.05) is 5.03 Å². The Balaban J connectivity index is 3.62. The number of hydrogen-bond donors (Lipinski definition) is 1. The Bertz CT molecular complexity index is 129. The minimum absolute atomic E-state index is 0.0601. The van der Waals surface area contributed by atoms with Crippen LogP contribution in [0.3, 0.4) is 0 Å². The van der Waals surface area contributed by atoms with Gasteiger partial charge in [-0.2, -0.15) is 0 Å². The van der Waals surface area contributed by atoms with Gasteiger partial charge in [-0.15, -0.1) is 0 Å². The molecule has 0 aliphatic rings. The van der Waals surface area contributed by atoms with E-state index in [1.54, 1.807) is 6.08 Å². The fraction of sp³-hybridized carbons (Fsp3) is 0.500. The van der Waals surface area contributed by atoms with Gasteiger partial charge >= 0.3 is 5.97 Å². The standard InChI is InChI=1S/C6H9ClO2/c1-2-3-5(7)4-6(8)9/h3H,2,4H2,1H3,(H,8,9)/b5-3-. The normalized spacial score (nSPS) is 11.6. The molecule has 0 atom stereocenters. The molecule has 0 spiro atoms. The summed E-state index contributed by atoms with van der Waals surface area (Å²) in [5.74, 6) is -0.885. The lowest BCUT2D eigenvalue weighted by atomic mass is 10.3. The first-order chi connectivity index (χ1) is 4.16. The first-order valence-corrected chi connectivity index (χ1v) is 3.11. The van der Waals surface area contributed by atoms with Gasteiger partial charge in [0.05, 0.1) is 6.42 Å². The summed E-state index contributed by atoms with van der Waals surface area (Å²) in [4.78, 5) is 9.96. The summed E-state index contributed by atoms with van der Waals surface area (Å²) in [6, 6.07) is 0. The van der Waals surface area contributed by atoms with E-state index in [4.69, 9.17) is 16.7 Å². The number of allylic oxidation sites excluding steroid dienone is 1. The van der Waals surface area contributed by atoms with E-state index in [0.29, 0.717) is 5.03 Å². The number of halogens is 1. The predicted octanol–water partition coefficient (Wildman–Crippen LogP) is 1.99.